The lowest BCUT2D eigenvalue weighted by Gasteiger charge is -1.99. The molecule has 0 atom stereocenters. The fourth-order valence-corrected chi connectivity index (χ4v) is 1.13. The van der Waals surface area contributed by atoms with Crippen molar-refractivity contribution in [2.45, 2.75) is 0 Å². The minimum absolute atomic E-state index is 0.117. The highest BCUT2D eigenvalue weighted by Crippen LogP contribution is 2.13. The van der Waals surface area contributed by atoms with Crippen LogP contribution in [-0.2, 0) is 0 Å². The van der Waals surface area contributed by atoms with Gasteiger partial charge in [-0.2, -0.15) is 10.2 Å². The lowest BCUT2D eigenvalue weighted by molar-refractivity contribution is 0.107. The molecule has 2 aromatic heterocycles. The summed E-state index contributed by atoms with van der Waals surface area (Å²) in [5, 5.41) is 6.70. The van der Waals surface area contributed by atoms with Crippen LogP contribution < -0.4 is 0 Å². The standard InChI is InChI=1S/C9H5ClN4O/c10-9(15)8-5-11-4-7(14-8)6-1-2-12-13-3-6/h1-5H. The zero-order chi connectivity index (χ0) is 10.7. The summed E-state index contributed by atoms with van der Waals surface area (Å²) < 4.78 is 0. The largest absolute Gasteiger partial charge is 0.274 e. The molecule has 0 saturated heterocycles. The van der Waals surface area contributed by atoms with Crippen molar-refractivity contribution in [3.8, 4) is 11.3 Å². The highest BCUT2D eigenvalue weighted by atomic mass is 35.5. The molecule has 0 aliphatic rings. The van der Waals surface area contributed by atoms with Crippen LogP contribution in [0.5, 0.6) is 0 Å². The first-order valence-electron chi connectivity index (χ1n) is 4.06. The van der Waals surface area contributed by atoms with E-state index in [2.05, 4.69) is 20.2 Å². The van der Waals surface area contributed by atoms with Gasteiger partial charge in [0.1, 0.15) is 5.69 Å². The van der Waals surface area contributed by atoms with Crippen molar-refractivity contribution in [1.29, 1.82) is 0 Å². The third-order valence-corrected chi connectivity index (χ3v) is 1.91. The normalized spacial score (nSPS) is 9.93. The summed E-state index contributed by atoms with van der Waals surface area (Å²) >= 11 is 5.29. The molecule has 74 valence electrons. The number of carbonyl (C=O) groups excluding carboxylic acids is 1. The summed E-state index contributed by atoms with van der Waals surface area (Å²) in [6.45, 7) is 0. The Morgan fingerprint density at radius 3 is 2.73 bits per heavy atom. The Labute approximate surface area is 90.2 Å². The first kappa shape index (κ1) is 9.67. The van der Waals surface area contributed by atoms with Gasteiger partial charge in [0, 0.05) is 5.56 Å². The summed E-state index contributed by atoms with van der Waals surface area (Å²) in [5.74, 6) is 0. The van der Waals surface area contributed by atoms with Crippen LogP contribution in [0.1, 0.15) is 10.5 Å². The van der Waals surface area contributed by atoms with Gasteiger partial charge in [-0.05, 0) is 17.7 Å². The van der Waals surface area contributed by atoms with Gasteiger partial charge in [0.25, 0.3) is 5.24 Å². The Hall–Kier alpha value is -1.88. The summed E-state index contributed by atoms with van der Waals surface area (Å²) in [5.41, 5.74) is 1.39. The van der Waals surface area contributed by atoms with Gasteiger partial charge >= 0.3 is 0 Å². The third kappa shape index (κ3) is 2.13. The van der Waals surface area contributed by atoms with E-state index in [-0.39, 0.29) is 5.69 Å². The van der Waals surface area contributed by atoms with Crippen LogP contribution in [0, 0.1) is 0 Å². The van der Waals surface area contributed by atoms with E-state index in [0.717, 1.165) is 5.56 Å². The van der Waals surface area contributed by atoms with Crippen molar-refractivity contribution in [2.24, 2.45) is 0 Å². The van der Waals surface area contributed by atoms with Crippen molar-refractivity contribution in [3.05, 3.63) is 36.5 Å². The maximum atomic E-state index is 10.9. The summed E-state index contributed by atoms with van der Waals surface area (Å²) in [6, 6.07) is 1.72. The average Bonchev–Trinajstić information content (AvgIpc) is 2.30. The van der Waals surface area contributed by atoms with Gasteiger partial charge in [-0.1, -0.05) is 0 Å². The van der Waals surface area contributed by atoms with E-state index < -0.39 is 5.24 Å². The molecule has 6 heteroatoms. The number of hydrogen-bond acceptors (Lipinski definition) is 5. The van der Waals surface area contributed by atoms with E-state index in [1.165, 1.54) is 24.8 Å². The molecule has 2 aromatic rings. The Morgan fingerprint density at radius 2 is 2.07 bits per heavy atom. The van der Waals surface area contributed by atoms with Crippen LogP contribution >= 0.6 is 11.6 Å². The van der Waals surface area contributed by atoms with Crippen molar-refractivity contribution in [3.63, 3.8) is 0 Å². The number of rotatable bonds is 2. The SMILES string of the molecule is O=C(Cl)c1cncc(-c2ccnnc2)n1. The monoisotopic (exact) mass is 220 g/mol. The van der Waals surface area contributed by atoms with Crippen LogP contribution in [-0.4, -0.2) is 25.4 Å². The van der Waals surface area contributed by atoms with E-state index >= 15 is 0 Å². The molecule has 2 heterocycles. The Balaban J connectivity index is 2.46. The van der Waals surface area contributed by atoms with Gasteiger partial charge in [-0.15, -0.1) is 0 Å². The Kier molecular flexibility index (Phi) is 2.64. The molecule has 0 radical (unpaired) electrons. The van der Waals surface area contributed by atoms with Gasteiger partial charge in [0.05, 0.1) is 30.5 Å². The molecule has 0 amide bonds. The molecular formula is C9H5ClN4O. The molecule has 0 aromatic carbocycles. The van der Waals surface area contributed by atoms with Gasteiger partial charge in [-0.25, -0.2) is 4.98 Å². The van der Waals surface area contributed by atoms with Gasteiger partial charge < -0.3 is 0 Å². The molecule has 0 saturated carbocycles. The van der Waals surface area contributed by atoms with Crippen LogP contribution in [0.15, 0.2) is 30.9 Å². The first-order valence-corrected chi connectivity index (χ1v) is 4.44. The minimum Gasteiger partial charge on any atom is -0.274 e. The second kappa shape index (κ2) is 4.10. The van der Waals surface area contributed by atoms with Crippen LogP contribution in [0.4, 0.5) is 0 Å². The highest BCUT2D eigenvalue weighted by molar-refractivity contribution is 6.67. The number of aromatic nitrogens is 4. The summed E-state index contributed by atoms with van der Waals surface area (Å²) in [4.78, 5) is 18.8. The van der Waals surface area contributed by atoms with Crippen LogP contribution in [0.25, 0.3) is 11.3 Å². The minimum atomic E-state index is -0.633. The van der Waals surface area contributed by atoms with E-state index in [4.69, 9.17) is 11.6 Å². The second-order valence-electron chi connectivity index (χ2n) is 2.69. The van der Waals surface area contributed by atoms with E-state index in [1.807, 2.05) is 0 Å². The van der Waals surface area contributed by atoms with Gasteiger partial charge in [0.2, 0.25) is 0 Å². The molecule has 0 spiro atoms. The molecule has 0 N–H and O–H groups in total. The predicted octanol–water partition coefficient (Wildman–Crippen LogP) is 1.31. The molecule has 0 unspecified atom stereocenters. The molecule has 2 rings (SSSR count). The maximum Gasteiger partial charge on any atom is 0.272 e. The van der Waals surface area contributed by atoms with Crippen LogP contribution in [0.3, 0.4) is 0 Å². The molecule has 15 heavy (non-hydrogen) atoms. The van der Waals surface area contributed by atoms with E-state index in [0.29, 0.717) is 5.69 Å². The summed E-state index contributed by atoms with van der Waals surface area (Å²) in [6.07, 6.45) is 5.91. The lowest BCUT2D eigenvalue weighted by atomic mass is 10.2. The topological polar surface area (TPSA) is 68.6 Å². The van der Waals surface area contributed by atoms with Gasteiger partial charge in [-0.3, -0.25) is 9.78 Å². The quantitative estimate of drug-likeness (QED) is 0.714. The Bertz CT molecular complexity index is 488. The second-order valence-corrected chi connectivity index (χ2v) is 3.04. The molecule has 0 aliphatic carbocycles. The first-order chi connectivity index (χ1) is 7.27. The molecular weight excluding hydrogens is 216 g/mol. The number of carbonyl (C=O) groups is 1. The summed E-state index contributed by atoms with van der Waals surface area (Å²) in [7, 11) is 0. The number of hydrogen-bond donors (Lipinski definition) is 0. The van der Waals surface area contributed by atoms with E-state index in [9.17, 15) is 4.79 Å². The van der Waals surface area contributed by atoms with Crippen LogP contribution in [0.2, 0.25) is 0 Å². The Morgan fingerprint density at radius 1 is 1.20 bits per heavy atom. The van der Waals surface area contributed by atoms with E-state index in [1.54, 1.807) is 6.07 Å². The zero-order valence-electron chi connectivity index (χ0n) is 7.46. The third-order valence-electron chi connectivity index (χ3n) is 1.72. The maximum absolute atomic E-state index is 10.9. The molecule has 5 nitrogen and oxygen atoms in total. The number of nitrogens with zero attached hydrogens (tertiary/aromatic N) is 4. The van der Waals surface area contributed by atoms with Crippen molar-refractivity contribution in [2.75, 3.05) is 0 Å². The van der Waals surface area contributed by atoms with Crippen molar-refractivity contribution >= 4 is 16.8 Å². The fraction of sp³-hybridized carbons (Fsp3) is 0. The number of halogens is 1. The predicted molar refractivity (Wildman–Crippen MR) is 53.2 cm³/mol. The van der Waals surface area contributed by atoms with Gasteiger partial charge in [0.15, 0.2) is 0 Å². The highest BCUT2D eigenvalue weighted by Gasteiger charge is 2.06. The molecule has 0 bridgehead atoms. The fourth-order valence-electron chi connectivity index (χ4n) is 1.04. The zero-order valence-corrected chi connectivity index (χ0v) is 8.22. The molecule has 0 fully saturated rings. The molecule has 0 aliphatic heterocycles. The average molecular weight is 221 g/mol. The van der Waals surface area contributed by atoms with Crippen molar-refractivity contribution < 1.29 is 4.79 Å². The lowest BCUT2D eigenvalue weighted by Crippen LogP contribution is -1.97. The smallest absolute Gasteiger partial charge is 0.272 e. The van der Waals surface area contributed by atoms with Crippen molar-refractivity contribution in [1.82, 2.24) is 20.2 Å².